The van der Waals surface area contributed by atoms with Gasteiger partial charge in [0.05, 0.1) is 18.5 Å². The molecule has 4 rings (SSSR count). The van der Waals surface area contributed by atoms with Crippen molar-refractivity contribution in [2.75, 3.05) is 39.4 Å². The molecule has 1 aliphatic carbocycles. The van der Waals surface area contributed by atoms with E-state index in [-0.39, 0.29) is 12.5 Å². The fraction of sp³-hybridized carbons (Fsp3) is 0.765. The van der Waals surface area contributed by atoms with E-state index in [0.29, 0.717) is 51.4 Å². The summed E-state index contributed by atoms with van der Waals surface area (Å²) in [6.07, 6.45) is 5.29. The van der Waals surface area contributed by atoms with Crippen molar-refractivity contribution in [3.8, 4) is 0 Å². The molecule has 0 unspecified atom stereocenters. The summed E-state index contributed by atoms with van der Waals surface area (Å²) in [4.78, 5) is 14.7. The second kappa shape index (κ2) is 7.28. The maximum atomic E-state index is 13.0. The van der Waals surface area contributed by atoms with E-state index in [4.69, 9.17) is 4.74 Å². The first-order valence-electron chi connectivity index (χ1n) is 9.49. The van der Waals surface area contributed by atoms with Crippen LogP contribution in [0.2, 0.25) is 0 Å². The number of carbonyl (C=O) groups excluding carboxylic acids is 1. The number of carbonyl (C=O) groups is 1. The van der Waals surface area contributed by atoms with Crippen molar-refractivity contribution in [1.82, 2.24) is 19.4 Å². The fourth-order valence-corrected chi connectivity index (χ4v) is 6.10. The molecule has 0 aromatic carbocycles. The molecular formula is C17H26N4O4S. The van der Waals surface area contributed by atoms with Gasteiger partial charge in [-0.05, 0) is 38.5 Å². The Bertz CT molecular complexity index is 770. The summed E-state index contributed by atoms with van der Waals surface area (Å²) < 4.78 is 32.7. The van der Waals surface area contributed by atoms with Gasteiger partial charge >= 0.3 is 0 Å². The van der Waals surface area contributed by atoms with Crippen LogP contribution >= 0.6 is 0 Å². The number of aromatic amines is 1. The Morgan fingerprint density at radius 1 is 1.12 bits per heavy atom. The highest BCUT2D eigenvalue weighted by Gasteiger charge is 2.38. The second-order valence-corrected chi connectivity index (χ2v) is 9.52. The van der Waals surface area contributed by atoms with Gasteiger partial charge in [-0.1, -0.05) is 0 Å². The van der Waals surface area contributed by atoms with Crippen molar-refractivity contribution in [3.63, 3.8) is 0 Å². The first-order chi connectivity index (χ1) is 12.6. The average molecular weight is 382 g/mol. The number of H-pyrrole nitrogens is 1. The molecule has 1 aromatic heterocycles. The molecule has 1 amide bonds. The predicted octanol–water partition coefficient (Wildman–Crippen LogP) is 0.555. The molecule has 0 spiro atoms. The maximum Gasteiger partial charge on any atom is 0.274 e. The first kappa shape index (κ1) is 17.9. The Kier molecular flexibility index (Phi) is 5.02. The van der Waals surface area contributed by atoms with Crippen LogP contribution in [-0.4, -0.2) is 78.4 Å². The highest BCUT2D eigenvalue weighted by molar-refractivity contribution is 7.89. The number of piperidine rings is 1. The molecule has 1 aromatic rings. The number of morpholine rings is 1. The topological polar surface area (TPSA) is 95.6 Å². The molecule has 2 aliphatic heterocycles. The Hall–Kier alpha value is -1.45. The number of aryl methyl sites for hydroxylation is 1. The lowest BCUT2D eigenvalue weighted by molar-refractivity contribution is 0.0682. The van der Waals surface area contributed by atoms with E-state index in [1.807, 2.05) is 0 Å². The molecule has 1 N–H and O–H groups in total. The minimum atomic E-state index is -3.41. The van der Waals surface area contributed by atoms with Crippen LogP contribution in [0.3, 0.4) is 0 Å². The molecule has 2 saturated heterocycles. The Morgan fingerprint density at radius 3 is 2.69 bits per heavy atom. The standard InChI is InChI=1S/C17H26N4O4S/c22-17(16-14-5-1-2-6-15(14)18-19-16)20-7-3-4-13(12-20)26(23,24)21-8-10-25-11-9-21/h13H,1-12H2,(H,18,19)/t13-/m0/s1. The van der Waals surface area contributed by atoms with Gasteiger partial charge in [0.25, 0.3) is 5.91 Å². The molecule has 26 heavy (non-hydrogen) atoms. The normalized spacial score (nSPS) is 25.1. The van der Waals surface area contributed by atoms with Crippen LogP contribution in [0.1, 0.15) is 47.4 Å². The quantitative estimate of drug-likeness (QED) is 0.824. The molecule has 3 heterocycles. The largest absolute Gasteiger partial charge is 0.379 e. The SMILES string of the molecule is O=C(c1n[nH]c2c1CCCC2)N1CCC[C@H](S(=O)(=O)N2CCOCC2)C1. The van der Waals surface area contributed by atoms with E-state index >= 15 is 0 Å². The van der Waals surface area contributed by atoms with Crippen LogP contribution in [0.4, 0.5) is 0 Å². The summed E-state index contributed by atoms with van der Waals surface area (Å²) in [5.74, 6) is -0.133. The molecule has 144 valence electrons. The Labute approximate surface area is 153 Å². The number of amides is 1. The van der Waals surface area contributed by atoms with E-state index in [9.17, 15) is 13.2 Å². The number of hydrogen-bond acceptors (Lipinski definition) is 5. The van der Waals surface area contributed by atoms with Crippen LogP contribution in [0.25, 0.3) is 0 Å². The lowest BCUT2D eigenvalue weighted by Gasteiger charge is -2.36. The van der Waals surface area contributed by atoms with Gasteiger partial charge in [-0.15, -0.1) is 0 Å². The second-order valence-electron chi connectivity index (χ2n) is 7.31. The molecule has 8 nitrogen and oxygen atoms in total. The van der Waals surface area contributed by atoms with Crippen LogP contribution in [0.15, 0.2) is 0 Å². The third-order valence-electron chi connectivity index (χ3n) is 5.68. The lowest BCUT2D eigenvalue weighted by atomic mass is 9.95. The van der Waals surface area contributed by atoms with Gasteiger partial charge in [0.1, 0.15) is 0 Å². The summed E-state index contributed by atoms with van der Waals surface area (Å²) in [6, 6.07) is 0. The number of hydrogen-bond donors (Lipinski definition) is 1. The first-order valence-corrected chi connectivity index (χ1v) is 11.0. The Balaban J connectivity index is 1.50. The molecule has 0 radical (unpaired) electrons. The minimum Gasteiger partial charge on any atom is -0.379 e. The zero-order valence-corrected chi connectivity index (χ0v) is 15.8. The third-order valence-corrected chi connectivity index (χ3v) is 7.99. The van der Waals surface area contributed by atoms with Gasteiger partial charge in [0.2, 0.25) is 10.0 Å². The number of nitrogens with zero attached hydrogens (tertiary/aromatic N) is 3. The van der Waals surface area contributed by atoms with Gasteiger partial charge in [-0.2, -0.15) is 9.40 Å². The van der Waals surface area contributed by atoms with E-state index in [2.05, 4.69) is 10.2 Å². The highest BCUT2D eigenvalue weighted by atomic mass is 32.2. The van der Waals surface area contributed by atoms with Crippen molar-refractivity contribution >= 4 is 15.9 Å². The highest BCUT2D eigenvalue weighted by Crippen LogP contribution is 2.26. The van der Waals surface area contributed by atoms with E-state index < -0.39 is 15.3 Å². The summed E-state index contributed by atoms with van der Waals surface area (Å²) in [7, 11) is -3.41. The predicted molar refractivity (Wildman–Crippen MR) is 95.5 cm³/mol. The Morgan fingerprint density at radius 2 is 1.88 bits per heavy atom. The fourth-order valence-electron chi connectivity index (χ4n) is 4.19. The van der Waals surface area contributed by atoms with Crippen LogP contribution < -0.4 is 0 Å². The monoisotopic (exact) mass is 382 g/mol. The van der Waals surface area contributed by atoms with E-state index in [1.165, 1.54) is 4.31 Å². The van der Waals surface area contributed by atoms with Crippen molar-refractivity contribution < 1.29 is 17.9 Å². The number of aromatic nitrogens is 2. The van der Waals surface area contributed by atoms with Crippen molar-refractivity contribution in [1.29, 1.82) is 0 Å². The van der Waals surface area contributed by atoms with Crippen molar-refractivity contribution in [3.05, 3.63) is 17.0 Å². The number of fused-ring (bicyclic) bond motifs is 1. The summed E-state index contributed by atoms with van der Waals surface area (Å²) >= 11 is 0. The van der Waals surface area contributed by atoms with Gasteiger partial charge in [-0.25, -0.2) is 8.42 Å². The van der Waals surface area contributed by atoms with Gasteiger partial charge < -0.3 is 9.64 Å². The van der Waals surface area contributed by atoms with Crippen molar-refractivity contribution in [2.45, 2.75) is 43.8 Å². The van der Waals surface area contributed by atoms with Gasteiger partial charge in [0.15, 0.2) is 5.69 Å². The number of ether oxygens (including phenoxy) is 1. The number of rotatable bonds is 3. The molecule has 0 saturated carbocycles. The van der Waals surface area contributed by atoms with Gasteiger partial charge in [0, 0.05) is 37.4 Å². The zero-order chi connectivity index (χ0) is 18.1. The van der Waals surface area contributed by atoms with E-state index in [1.54, 1.807) is 4.90 Å². The zero-order valence-electron chi connectivity index (χ0n) is 14.9. The smallest absolute Gasteiger partial charge is 0.274 e. The lowest BCUT2D eigenvalue weighted by Crippen LogP contribution is -2.52. The van der Waals surface area contributed by atoms with E-state index in [0.717, 1.165) is 36.9 Å². The number of nitrogens with one attached hydrogen (secondary N) is 1. The molecule has 1 atom stereocenters. The molecule has 9 heteroatoms. The van der Waals surface area contributed by atoms with Gasteiger partial charge in [-0.3, -0.25) is 9.89 Å². The number of likely N-dealkylation sites (tertiary alicyclic amines) is 1. The molecular weight excluding hydrogens is 356 g/mol. The van der Waals surface area contributed by atoms with Crippen LogP contribution in [0.5, 0.6) is 0 Å². The summed E-state index contributed by atoms with van der Waals surface area (Å²) in [5, 5.41) is 6.72. The van der Waals surface area contributed by atoms with Crippen LogP contribution in [-0.2, 0) is 27.6 Å². The molecule has 0 bridgehead atoms. The van der Waals surface area contributed by atoms with Crippen LogP contribution in [0, 0.1) is 0 Å². The minimum absolute atomic E-state index is 0.133. The third kappa shape index (κ3) is 3.27. The van der Waals surface area contributed by atoms with Crippen molar-refractivity contribution in [2.24, 2.45) is 0 Å². The summed E-state index contributed by atoms with van der Waals surface area (Å²) in [6.45, 7) is 2.52. The summed E-state index contributed by atoms with van der Waals surface area (Å²) in [5.41, 5.74) is 2.58. The maximum absolute atomic E-state index is 13.0. The molecule has 2 fully saturated rings. The molecule has 3 aliphatic rings. The number of sulfonamides is 1. The average Bonchev–Trinajstić information content (AvgIpc) is 3.12.